The molecule has 7 heteroatoms. The van der Waals surface area contributed by atoms with E-state index in [1.54, 1.807) is 14.2 Å². The maximum Gasteiger partial charge on any atom is 0.224 e. The first-order chi connectivity index (χ1) is 19.1. The Morgan fingerprint density at radius 1 is 0.897 bits per heavy atom. The van der Waals surface area contributed by atoms with Crippen LogP contribution in [-0.4, -0.2) is 36.3 Å². The van der Waals surface area contributed by atoms with Gasteiger partial charge in [-0.15, -0.1) is 0 Å². The van der Waals surface area contributed by atoms with E-state index >= 15 is 0 Å². The molecule has 1 amide bonds. The summed E-state index contributed by atoms with van der Waals surface area (Å²) in [6.45, 7) is 3.26. The number of aromatic nitrogens is 2. The normalized spacial score (nSPS) is 11.9. The maximum atomic E-state index is 13.0. The summed E-state index contributed by atoms with van der Waals surface area (Å²) in [5.74, 6) is 2.85. The summed E-state index contributed by atoms with van der Waals surface area (Å²) in [6, 6.07) is 27.6. The van der Waals surface area contributed by atoms with E-state index in [-0.39, 0.29) is 18.4 Å². The molecule has 1 atom stereocenters. The zero-order chi connectivity index (χ0) is 27.2. The Hall–Kier alpha value is -4.52. The van der Waals surface area contributed by atoms with Crippen LogP contribution >= 0.6 is 0 Å². The molecule has 7 nitrogen and oxygen atoms in total. The van der Waals surface area contributed by atoms with Gasteiger partial charge in [0.15, 0.2) is 11.5 Å². The minimum Gasteiger partial charge on any atom is -0.493 e. The Morgan fingerprint density at radius 3 is 2.51 bits per heavy atom. The molecule has 0 saturated carbocycles. The molecule has 1 heterocycles. The number of fused-ring (bicyclic) bond motifs is 2. The Labute approximate surface area is 228 Å². The summed E-state index contributed by atoms with van der Waals surface area (Å²) in [5, 5.41) is 5.40. The summed E-state index contributed by atoms with van der Waals surface area (Å²) in [5.41, 5.74) is 2.79. The molecule has 1 aromatic heterocycles. The predicted octanol–water partition coefficient (Wildman–Crippen LogP) is 6.10. The van der Waals surface area contributed by atoms with Crippen molar-refractivity contribution < 1.29 is 19.0 Å². The molecule has 0 saturated heterocycles. The number of hydrogen-bond acceptors (Lipinski definition) is 5. The van der Waals surface area contributed by atoms with Crippen LogP contribution in [0, 0.1) is 0 Å². The summed E-state index contributed by atoms with van der Waals surface area (Å²) in [7, 11) is 3.18. The van der Waals surface area contributed by atoms with Crippen LogP contribution in [0.2, 0.25) is 0 Å². The Morgan fingerprint density at radius 2 is 1.67 bits per heavy atom. The van der Waals surface area contributed by atoms with Gasteiger partial charge in [0.2, 0.25) is 5.91 Å². The standard InChI is InChI=1S/C32H33N3O4/c1-22(33-31(36)21-23-16-17-29(37-2)30(20-23)38-3)32-34-26-13-6-7-14-27(26)35(32)18-9-19-39-28-15-8-11-24-10-4-5-12-25(24)28/h4-8,10-17,20,22H,9,18-19,21H2,1-3H3,(H,33,36). The quantitative estimate of drug-likeness (QED) is 0.212. The molecule has 0 fully saturated rings. The van der Waals surface area contributed by atoms with Crippen molar-refractivity contribution in [3.8, 4) is 17.2 Å². The molecular weight excluding hydrogens is 490 g/mol. The van der Waals surface area contributed by atoms with Gasteiger partial charge in [-0.3, -0.25) is 4.79 Å². The number of ether oxygens (including phenoxy) is 3. The van der Waals surface area contributed by atoms with Gasteiger partial charge >= 0.3 is 0 Å². The van der Waals surface area contributed by atoms with E-state index in [2.05, 4.69) is 34.1 Å². The Bertz CT molecular complexity index is 1590. The average Bonchev–Trinajstić information content (AvgIpc) is 3.34. The largest absolute Gasteiger partial charge is 0.493 e. The third-order valence-corrected chi connectivity index (χ3v) is 6.79. The van der Waals surface area contributed by atoms with E-state index in [9.17, 15) is 4.79 Å². The topological polar surface area (TPSA) is 74.6 Å². The van der Waals surface area contributed by atoms with Gasteiger partial charge in [-0.1, -0.05) is 54.6 Å². The number of hydrogen-bond donors (Lipinski definition) is 1. The third-order valence-electron chi connectivity index (χ3n) is 6.79. The molecule has 1 unspecified atom stereocenters. The zero-order valence-corrected chi connectivity index (χ0v) is 22.5. The number of carbonyl (C=O) groups is 1. The first-order valence-electron chi connectivity index (χ1n) is 13.1. The summed E-state index contributed by atoms with van der Waals surface area (Å²) < 4.78 is 19.0. The number of rotatable bonds is 11. The summed E-state index contributed by atoms with van der Waals surface area (Å²) in [6.07, 6.45) is 1.02. The highest BCUT2D eigenvalue weighted by Gasteiger charge is 2.19. The SMILES string of the molecule is COc1ccc(CC(=O)NC(C)c2nc3ccccc3n2CCCOc2cccc3ccccc23)cc1OC. The van der Waals surface area contributed by atoms with Crippen molar-refractivity contribution in [3.63, 3.8) is 0 Å². The molecule has 0 spiro atoms. The number of imidazole rings is 1. The first kappa shape index (κ1) is 26.1. The van der Waals surface area contributed by atoms with Crippen molar-refractivity contribution >= 4 is 27.7 Å². The van der Waals surface area contributed by atoms with Gasteiger partial charge in [-0.05, 0) is 54.6 Å². The molecule has 39 heavy (non-hydrogen) atoms. The van der Waals surface area contributed by atoms with Crippen LogP contribution in [0.5, 0.6) is 17.2 Å². The van der Waals surface area contributed by atoms with Gasteiger partial charge < -0.3 is 24.1 Å². The minimum absolute atomic E-state index is 0.0902. The lowest BCUT2D eigenvalue weighted by molar-refractivity contribution is -0.121. The van der Waals surface area contributed by atoms with Gasteiger partial charge in [0.1, 0.15) is 11.6 Å². The molecule has 0 aliphatic heterocycles. The lowest BCUT2D eigenvalue weighted by Gasteiger charge is -2.17. The number of benzene rings is 4. The van der Waals surface area contributed by atoms with E-state index in [0.29, 0.717) is 18.1 Å². The highest BCUT2D eigenvalue weighted by molar-refractivity contribution is 5.88. The van der Waals surface area contributed by atoms with E-state index in [0.717, 1.165) is 51.9 Å². The smallest absolute Gasteiger partial charge is 0.224 e. The second-order valence-corrected chi connectivity index (χ2v) is 9.44. The van der Waals surface area contributed by atoms with Crippen LogP contribution in [0.25, 0.3) is 21.8 Å². The molecule has 1 N–H and O–H groups in total. The van der Waals surface area contributed by atoms with Gasteiger partial charge in [0, 0.05) is 11.9 Å². The van der Waals surface area contributed by atoms with Gasteiger partial charge in [0.25, 0.3) is 0 Å². The number of nitrogens with zero attached hydrogens (tertiary/aromatic N) is 2. The monoisotopic (exact) mass is 523 g/mol. The van der Waals surface area contributed by atoms with Crippen molar-refractivity contribution in [2.45, 2.75) is 32.4 Å². The van der Waals surface area contributed by atoms with Crippen molar-refractivity contribution in [1.82, 2.24) is 14.9 Å². The highest BCUT2D eigenvalue weighted by atomic mass is 16.5. The molecule has 200 valence electrons. The van der Waals surface area contributed by atoms with Crippen LogP contribution in [-0.2, 0) is 17.8 Å². The number of amides is 1. The average molecular weight is 524 g/mol. The Balaban J connectivity index is 1.27. The molecule has 0 radical (unpaired) electrons. The van der Waals surface area contributed by atoms with Crippen LogP contribution < -0.4 is 19.5 Å². The first-order valence-corrected chi connectivity index (χ1v) is 13.1. The molecule has 5 aromatic rings. The minimum atomic E-state index is -0.274. The van der Waals surface area contributed by atoms with Crippen LogP contribution in [0.4, 0.5) is 0 Å². The van der Waals surface area contributed by atoms with E-state index in [1.807, 2.05) is 67.6 Å². The van der Waals surface area contributed by atoms with Crippen LogP contribution in [0.15, 0.2) is 84.9 Å². The number of carbonyl (C=O) groups excluding carboxylic acids is 1. The molecule has 0 aliphatic carbocycles. The molecular formula is C32H33N3O4. The second-order valence-electron chi connectivity index (χ2n) is 9.44. The third kappa shape index (κ3) is 5.82. The summed E-state index contributed by atoms with van der Waals surface area (Å²) in [4.78, 5) is 17.8. The van der Waals surface area contributed by atoms with Crippen molar-refractivity contribution in [1.29, 1.82) is 0 Å². The molecule has 5 rings (SSSR count). The van der Waals surface area contributed by atoms with Crippen LogP contribution in [0.3, 0.4) is 0 Å². The van der Waals surface area contributed by atoms with Gasteiger partial charge in [-0.25, -0.2) is 4.98 Å². The van der Waals surface area contributed by atoms with Crippen molar-refractivity contribution in [2.24, 2.45) is 0 Å². The number of aryl methyl sites for hydroxylation is 1. The van der Waals surface area contributed by atoms with Crippen molar-refractivity contribution in [3.05, 3.63) is 96.3 Å². The fourth-order valence-corrected chi connectivity index (χ4v) is 4.92. The van der Waals surface area contributed by atoms with E-state index < -0.39 is 0 Å². The van der Waals surface area contributed by atoms with Crippen molar-refractivity contribution in [2.75, 3.05) is 20.8 Å². The number of methoxy groups -OCH3 is 2. The fourth-order valence-electron chi connectivity index (χ4n) is 4.92. The van der Waals surface area contributed by atoms with Gasteiger partial charge in [0.05, 0.1) is 44.3 Å². The predicted molar refractivity (Wildman–Crippen MR) is 154 cm³/mol. The fraction of sp³-hybridized carbons (Fsp3) is 0.250. The maximum absolute atomic E-state index is 13.0. The molecule has 0 bridgehead atoms. The number of para-hydroxylation sites is 2. The van der Waals surface area contributed by atoms with Crippen LogP contribution in [0.1, 0.15) is 30.8 Å². The van der Waals surface area contributed by atoms with E-state index in [4.69, 9.17) is 19.2 Å². The highest BCUT2D eigenvalue weighted by Crippen LogP contribution is 2.28. The lowest BCUT2D eigenvalue weighted by atomic mass is 10.1. The second kappa shape index (κ2) is 11.9. The Kier molecular flexibility index (Phi) is 7.96. The number of nitrogens with one attached hydrogen (secondary N) is 1. The van der Waals surface area contributed by atoms with Gasteiger partial charge in [-0.2, -0.15) is 0 Å². The molecule has 0 aliphatic rings. The zero-order valence-electron chi connectivity index (χ0n) is 22.5. The lowest BCUT2D eigenvalue weighted by Crippen LogP contribution is -2.30. The van der Waals surface area contributed by atoms with E-state index in [1.165, 1.54) is 0 Å². The summed E-state index contributed by atoms with van der Waals surface area (Å²) >= 11 is 0. The molecule has 4 aromatic carbocycles.